The largest absolute Gasteiger partial charge is 0.384 e. The molecule has 1 aliphatic rings. The molecule has 10 heteroatoms. The van der Waals surface area contributed by atoms with Crippen LogP contribution in [0.15, 0.2) is 48.5 Å². The van der Waals surface area contributed by atoms with Crippen LogP contribution in [0.4, 0.5) is 20.2 Å². The molecule has 3 amide bonds. The molecule has 1 aliphatic heterocycles. The van der Waals surface area contributed by atoms with Crippen molar-refractivity contribution in [3.05, 3.63) is 82.4 Å². The van der Waals surface area contributed by atoms with Crippen molar-refractivity contribution < 1.29 is 23.2 Å². The van der Waals surface area contributed by atoms with Crippen molar-refractivity contribution >= 4 is 29.1 Å². The Morgan fingerprint density at radius 2 is 1.73 bits per heavy atom. The molecule has 0 aromatic heterocycles. The first-order valence-corrected chi connectivity index (χ1v) is 11.6. The van der Waals surface area contributed by atoms with Crippen molar-refractivity contribution in [2.24, 2.45) is 0 Å². The van der Waals surface area contributed by atoms with Crippen LogP contribution >= 0.6 is 0 Å². The minimum Gasteiger partial charge on any atom is -0.384 e. The van der Waals surface area contributed by atoms with Crippen molar-refractivity contribution in [3.63, 3.8) is 0 Å². The van der Waals surface area contributed by atoms with Crippen molar-refractivity contribution in [2.45, 2.75) is 6.54 Å². The number of hydrogen-bond donors (Lipinski definition) is 4. The van der Waals surface area contributed by atoms with E-state index in [1.165, 1.54) is 37.4 Å². The molecule has 192 valence electrons. The first kappa shape index (κ1) is 25.8. The molecule has 0 radical (unpaired) electrons. The lowest BCUT2D eigenvalue weighted by molar-refractivity contribution is 0.0932. The fraction of sp³-hybridized carbons (Fsp3) is 0.222. The number of carbonyl (C=O) groups excluding carboxylic acids is 3. The predicted molar refractivity (Wildman–Crippen MR) is 138 cm³/mol. The Morgan fingerprint density at radius 1 is 0.973 bits per heavy atom. The smallest absolute Gasteiger partial charge is 0.255 e. The molecule has 0 saturated heterocycles. The average Bonchev–Trinajstić information content (AvgIpc) is 3.24. The molecule has 0 aliphatic carbocycles. The summed E-state index contributed by atoms with van der Waals surface area (Å²) in [4.78, 5) is 39.3. The maximum atomic E-state index is 15.2. The molecule has 0 atom stereocenters. The molecule has 0 fully saturated rings. The van der Waals surface area contributed by atoms with E-state index in [0.29, 0.717) is 23.4 Å². The number of hydrogen-bond acceptors (Lipinski definition) is 5. The zero-order valence-electron chi connectivity index (χ0n) is 20.7. The monoisotopic (exact) mass is 507 g/mol. The highest BCUT2D eigenvalue weighted by Crippen LogP contribution is 2.34. The number of anilines is 2. The summed E-state index contributed by atoms with van der Waals surface area (Å²) in [5, 5.41) is 10.8. The number of rotatable bonds is 8. The number of likely N-dealkylation sites (N-methyl/N-ethyl adjacent to an activating group) is 1. The van der Waals surface area contributed by atoms with Gasteiger partial charge in [-0.1, -0.05) is 6.07 Å². The Hall–Kier alpha value is -4.31. The Balaban J connectivity index is 1.56. The number of nitrogens with one attached hydrogen (secondary N) is 4. The number of amides is 3. The number of carbonyl (C=O) groups is 3. The lowest BCUT2D eigenvalue weighted by Gasteiger charge is -2.14. The summed E-state index contributed by atoms with van der Waals surface area (Å²) in [7, 11) is 5.30. The Labute approximate surface area is 213 Å². The van der Waals surface area contributed by atoms with Crippen LogP contribution in [0.5, 0.6) is 0 Å². The van der Waals surface area contributed by atoms with E-state index in [1.54, 1.807) is 6.07 Å². The standard InChI is InChI=1S/C27H27F2N5O3/c1-30-26(36)21-7-6-19(22-14-32-27(37)24(21)22)20-5-4-17(13-23(20)29)33-25(35)15-10-16(28)12-18(11-15)31-8-9-34(2)3/h4-7,10-13,31H,8-9,14H2,1-3H3,(H,30,36)(H,32,37)(H,33,35). The Kier molecular flexibility index (Phi) is 7.49. The second-order valence-corrected chi connectivity index (χ2v) is 8.88. The summed E-state index contributed by atoms with van der Waals surface area (Å²) in [5.74, 6) is -2.60. The van der Waals surface area contributed by atoms with Gasteiger partial charge in [-0.3, -0.25) is 14.4 Å². The van der Waals surface area contributed by atoms with Gasteiger partial charge in [0.25, 0.3) is 17.7 Å². The normalized spacial score (nSPS) is 12.2. The Bertz CT molecular complexity index is 1390. The van der Waals surface area contributed by atoms with Crippen molar-refractivity contribution in [3.8, 4) is 11.1 Å². The zero-order valence-corrected chi connectivity index (χ0v) is 20.7. The second-order valence-electron chi connectivity index (χ2n) is 8.88. The number of fused-ring (bicyclic) bond motifs is 1. The summed E-state index contributed by atoms with van der Waals surface area (Å²) in [5.41, 5.74) is 2.37. The summed E-state index contributed by atoms with van der Waals surface area (Å²) >= 11 is 0. The zero-order chi connectivity index (χ0) is 26.7. The van der Waals surface area contributed by atoms with Crippen LogP contribution in [0.25, 0.3) is 11.1 Å². The van der Waals surface area contributed by atoms with E-state index in [0.717, 1.165) is 18.7 Å². The van der Waals surface area contributed by atoms with Gasteiger partial charge in [0, 0.05) is 49.2 Å². The van der Waals surface area contributed by atoms with Gasteiger partial charge >= 0.3 is 0 Å². The van der Waals surface area contributed by atoms with E-state index in [2.05, 4.69) is 21.3 Å². The van der Waals surface area contributed by atoms with E-state index in [1.807, 2.05) is 19.0 Å². The third kappa shape index (κ3) is 5.59. The van der Waals surface area contributed by atoms with Gasteiger partial charge < -0.3 is 26.2 Å². The third-order valence-corrected chi connectivity index (χ3v) is 6.00. The van der Waals surface area contributed by atoms with Gasteiger partial charge in [0.05, 0.1) is 11.1 Å². The van der Waals surface area contributed by atoms with Crippen LogP contribution in [0.1, 0.15) is 36.6 Å². The van der Waals surface area contributed by atoms with Crippen LogP contribution < -0.4 is 21.3 Å². The first-order chi connectivity index (χ1) is 17.7. The molecule has 37 heavy (non-hydrogen) atoms. The van der Waals surface area contributed by atoms with Gasteiger partial charge in [0.2, 0.25) is 0 Å². The molecule has 0 spiro atoms. The maximum Gasteiger partial charge on any atom is 0.255 e. The van der Waals surface area contributed by atoms with E-state index in [4.69, 9.17) is 0 Å². The highest BCUT2D eigenvalue weighted by atomic mass is 19.1. The molecule has 3 aromatic rings. The minimum absolute atomic E-state index is 0.0871. The van der Waals surface area contributed by atoms with Crippen LogP contribution in [-0.4, -0.2) is 56.9 Å². The van der Waals surface area contributed by atoms with Crippen LogP contribution in [0, 0.1) is 11.6 Å². The highest BCUT2D eigenvalue weighted by molar-refractivity contribution is 6.11. The van der Waals surface area contributed by atoms with E-state index < -0.39 is 29.4 Å². The second kappa shape index (κ2) is 10.8. The van der Waals surface area contributed by atoms with E-state index in [9.17, 15) is 18.8 Å². The third-order valence-electron chi connectivity index (χ3n) is 6.00. The van der Waals surface area contributed by atoms with Gasteiger partial charge in [-0.05, 0) is 67.7 Å². The molecule has 0 bridgehead atoms. The summed E-state index contributed by atoms with van der Waals surface area (Å²) in [6.45, 7) is 1.46. The molecule has 0 unspecified atom stereocenters. The van der Waals surface area contributed by atoms with Crippen molar-refractivity contribution in [1.29, 1.82) is 0 Å². The quantitative estimate of drug-likeness (QED) is 0.374. The SMILES string of the molecule is CNC(=O)c1ccc(-c2ccc(NC(=O)c3cc(F)cc(NCCN(C)C)c3)cc2F)c2c1C(=O)NC2. The lowest BCUT2D eigenvalue weighted by Crippen LogP contribution is -2.22. The fourth-order valence-corrected chi connectivity index (χ4v) is 4.19. The van der Waals surface area contributed by atoms with Gasteiger partial charge in [-0.25, -0.2) is 8.78 Å². The molecular weight excluding hydrogens is 480 g/mol. The number of nitrogens with zero attached hydrogens (tertiary/aromatic N) is 1. The minimum atomic E-state index is -0.627. The van der Waals surface area contributed by atoms with Crippen molar-refractivity contribution in [2.75, 3.05) is 44.9 Å². The fourth-order valence-electron chi connectivity index (χ4n) is 4.19. The van der Waals surface area contributed by atoms with Gasteiger partial charge in [-0.15, -0.1) is 0 Å². The molecule has 0 saturated carbocycles. The molecule has 4 rings (SSSR count). The maximum absolute atomic E-state index is 15.2. The summed E-state index contributed by atoms with van der Waals surface area (Å²) in [6.07, 6.45) is 0. The Morgan fingerprint density at radius 3 is 2.43 bits per heavy atom. The number of benzene rings is 3. The number of halogens is 2. The van der Waals surface area contributed by atoms with Gasteiger partial charge in [-0.2, -0.15) is 0 Å². The molecule has 3 aromatic carbocycles. The lowest BCUT2D eigenvalue weighted by atomic mass is 9.92. The molecule has 4 N–H and O–H groups in total. The molecule has 1 heterocycles. The van der Waals surface area contributed by atoms with Crippen LogP contribution in [0.2, 0.25) is 0 Å². The van der Waals surface area contributed by atoms with E-state index in [-0.39, 0.29) is 34.5 Å². The summed E-state index contributed by atoms with van der Waals surface area (Å²) < 4.78 is 29.3. The predicted octanol–water partition coefficient (Wildman–Crippen LogP) is 3.46. The average molecular weight is 508 g/mol. The van der Waals surface area contributed by atoms with E-state index >= 15 is 4.39 Å². The molecule has 8 nitrogen and oxygen atoms in total. The molecular formula is C27H27F2N5O3. The van der Waals surface area contributed by atoms with Crippen LogP contribution in [0.3, 0.4) is 0 Å². The van der Waals surface area contributed by atoms with Gasteiger partial charge in [0.1, 0.15) is 11.6 Å². The highest BCUT2D eigenvalue weighted by Gasteiger charge is 2.29. The van der Waals surface area contributed by atoms with Crippen LogP contribution in [-0.2, 0) is 6.54 Å². The van der Waals surface area contributed by atoms with Gasteiger partial charge in [0.15, 0.2) is 0 Å². The first-order valence-electron chi connectivity index (χ1n) is 11.6. The summed E-state index contributed by atoms with van der Waals surface area (Å²) in [6, 6.07) is 11.2. The van der Waals surface area contributed by atoms with Crippen molar-refractivity contribution in [1.82, 2.24) is 15.5 Å². The topological polar surface area (TPSA) is 103 Å².